The average Bonchev–Trinajstić information content (AvgIpc) is 2.40. The van der Waals surface area contributed by atoms with E-state index in [0.29, 0.717) is 6.42 Å². The smallest absolute Gasteiger partial charge is 0.238 e. The lowest BCUT2D eigenvalue weighted by Gasteiger charge is -2.04. The van der Waals surface area contributed by atoms with E-state index < -0.39 is 0 Å². The number of carbonyl (C=O) groups excluding carboxylic acids is 1. The lowest BCUT2D eigenvalue weighted by Crippen LogP contribution is -2.31. The van der Waals surface area contributed by atoms with Crippen molar-refractivity contribution in [1.29, 1.82) is 0 Å². The molecule has 0 atom stereocenters. The van der Waals surface area contributed by atoms with E-state index >= 15 is 0 Å². The van der Waals surface area contributed by atoms with Crippen LogP contribution in [0.25, 0.3) is 11.1 Å². The van der Waals surface area contributed by atoms with Crippen LogP contribution in [-0.2, 0) is 11.2 Å². The minimum atomic E-state index is -0.183. The Morgan fingerprint density at radius 2 is 1.53 bits per heavy atom. The molecule has 0 saturated heterocycles. The summed E-state index contributed by atoms with van der Waals surface area (Å²) < 4.78 is 0. The van der Waals surface area contributed by atoms with Gasteiger partial charge in [0.25, 0.3) is 0 Å². The van der Waals surface area contributed by atoms with E-state index in [1.165, 1.54) is 5.56 Å². The van der Waals surface area contributed by atoms with Crippen molar-refractivity contribution in [2.45, 2.75) is 6.42 Å². The highest BCUT2D eigenvalue weighted by atomic mass is 16.2. The molecule has 17 heavy (non-hydrogen) atoms. The van der Waals surface area contributed by atoms with Crippen LogP contribution in [0.2, 0.25) is 0 Å². The third kappa shape index (κ3) is 2.92. The Morgan fingerprint density at radius 3 is 2.12 bits per heavy atom. The number of amides is 1. The number of benzene rings is 2. The molecule has 0 aliphatic heterocycles. The van der Waals surface area contributed by atoms with Crippen molar-refractivity contribution in [2.75, 3.05) is 0 Å². The Balaban J connectivity index is 2.16. The van der Waals surface area contributed by atoms with Crippen LogP contribution in [0.4, 0.5) is 0 Å². The van der Waals surface area contributed by atoms with Gasteiger partial charge in [0.15, 0.2) is 0 Å². The van der Waals surface area contributed by atoms with Gasteiger partial charge in [0.1, 0.15) is 0 Å². The van der Waals surface area contributed by atoms with Gasteiger partial charge in [-0.15, -0.1) is 0 Å². The first-order valence-electron chi connectivity index (χ1n) is 5.43. The van der Waals surface area contributed by atoms with Crippen molar-refractivity contribution in [2.24, 2.45) is 5.84 Å². The van der Waals surface area contributed by atoms with Gasteiger partial charge in [0.05, 0.1) is 6.42 Å². The predicted octanol–water partition coefficient (Wildman–Crippen LogP) is 1.89. The van der Waals surface area contributed by atoms with Crippen molar-refractivity contribution in [1.82, 2.24) is 5.43 Å². The number of nitrogens with two attached hydrogens (primary N) is 1. The van der Waals surface area contributed by atoms with E-state index in [4.69, 9.17) is 5.84 Å². The maximum absolute atomic E-state index is 11.1. The fourth-order valence-electron chi connectivity index (χ4n) is 1.68. The first-order valence-corrected chi connectivity index (χ1v) is 5.43. The molecule has 0 spiro atoms. The van der Waals surface area contributed by atoms with Crippen LogP contribution in [0.5, 0.6) is 0 Å². The topological polar surface area (TPSA) is 55.1 Å². The number of hydrogen-bond donors (Lipinski definition) is 2. The van der Waals surface area contributed by atoms with Gasteiger partial charge in [0.2, 0.25) is 5.91 Å². The van der Waals surface area contributed by atoms with Gasteiger partial charge in [-0.05, 0) is 16.7 Å². The van der Waals surface area contributed by atoms with Gasteiger partial charge in [0, 0.05) is 0 Å². The molecule has 1 amide bonds. The number of carbonyl (C=O) groups is 1. The highest BCUT2D eigenvalue weighted by molar-refractivity contribution is 5.78. The quantitative estimate of drug-likeness (QED) is 0.477. The highest BCUT2D eigenvalue weighted by Gasteiger charge is 2.01. The molecule has 2 aromatic carbocycles. The molecule has 0 aliphatic rings. The molecule has 86 valence electrons. The van der Waals surface area contributed by atoms with E-state index in [9.17, 15) is 4.79 Å². The molecule has 0 aliphatic carbocycles. The zero-order valence-corrected chi connectivity index (χ0v) is 9.39. The molecule has 0 radical (unpaired) electrons. The average molecular weight is 226 g/mol. The van der Waals surface area contributed by atoms with Crippen LogP contribution < -0.4 is 11.3 Å². The second-order valence-corrected chi connectivity index (χ2v) is 3.81. The molecule has 0 saturated carbocycles. The largest absolute Gasteiger partial charge is 0.294 e. The summed E-state index contributed by atoms with van der Waals surface area (Å²) in [5.74, 6) is 4.86. The normalized spacial score (nSPS) is 9.94. The van der Waals surface area contributed by atoms with Crippen LogP contribution in [0.15, 0.2) is 54.6 Å². The number of hydrazine groups is 1. The summed E-state index contributed by atoms with van der Waals surface area (Å²) >= 11 is 0. The fraction of sp³-hybridized carbons (Fsp3) is 0.0714. The van der Waals surface area contributed by atoms with Crippen LogP contribution in [0, 0.1) is 0 Å². The summed E-state index contributed by atoms with van der Waals surface area (Å²) in [4.78, 5) is 11.1. The molecule has 2 aromatic rings. The molecule has 3 nitrogen and oxygen atoms in total. The van der Waals surface area contributed by atoms with Crippen LogP contribution >= 0.6 is 0 Å². The zero-order chi connectivity index (χ0) is 12.1. The van der Waals surface area contributed by atoms with Gasteiger partial charge in [-0.2, -0.15) is 0 Å². The Hall–Kier alpha value is -2.13. The molecule has 2 rings (SSSR count). The van der Waals surface area contributed by atoms with Gasteiger partial charge >= 0.3 is 0 Å². The van der Waals surface area contributed by atoms with E-state index in [0.717, 1.165) is 11.1 Å². The second kappa shape index (κ2) is 5.27. The third-order valence-corrected chi connectivity index (χ3v) is 2.59. The van der Waals surface area contributed by atoms with Crippen LogP contribution in [-0.4, -0.2) is 5.91 Å². The van der Waals surface area contributed by atoms with Gasteiger partial charge in [-0.3, -0.25) is 10.2 Å². The maximum atomic E-state index is 11.1. The fourth-order valence-corrected chi connectivity index (χ4v) is 1.68. The Bertz CT molecular complexity index is 491. The molecule has 3 N–H and O–H groups in total. The van der Waals surface area contributed by atoms with E-state index in [1.54, 1.807) is 0 Å². The minimum absolute atomic E-state index is 0.183. The second-order valence-electron chi connectivity index (χ2n) is 3.81. The van der Waals surface area contributed by atoms with E-state index in [2.05, 4.69) is 17.6 Å². The molecule has 0 heterocycles. The minimum Gasteiger partial charge on any atom is -0.294 e. The molecular weight excluding hydrogens is 212 g/mol. The summed E-state index contributed by atoms with van der Waals surface area (Å²) in [6.45, 7) is 0. The molecule has 0 bridgehead atoms. The number of rotatable bonds is 3. The predicted molar refractivity (Wildman–Crippen MR) is 67.9 cm³/mol. The summed E-state index contributed by atoms with van der Waals surface area (Å²) in [5.41, 5.74) is 5.38. The van der Waals surface area contributed by atoms with Crippen molar-refractivity contribution in [3.8, 4) is 11.1 Å². The van der Waals surface area contributed by atoms with Crippen LogP contribution in [0.1, 0.15) is 5.56 Å². The monoisotopic (exact) mass is 226 g/mol. The number of hydrogen-bond acceptors (Lipinski definition) is 2. The SMILES string of the molecule is NNC(=O)Cc1ccc(-c2ccccc2)cc1. The van der Waals surface area contributed by atoms with Crippen LogP contribution in [0.3, 0.4) is 0 Å². The first kappa shape index (κ1) is 11.4. The lowest BCUT2D eigenvalue weighted by molar-refractivity contribution is -0.120. The maximum Gasteiger partial charge on any atom is 0.238 e. The van der Waals surface area contributed by atoms with Crippen molar-refractivity contribution >= 4 is 5.91 Å². The summed E-state index contributed by atoms with van der Waals surface area (Å²) in [6, 6.07) is 18.0. The van der Waals surface area contributed by atoms with Crippen molar-refractivity contribution < 1.29 is 4.79 Å². The van der Waals surface area contributed by atoms with Crippen molar-refractivity contribution in [3.63, 3.8) is 0 Å². The van der Waals surface area contributed by atoms with Gasteiger partial charge in [-0.1, -0.05) is 54.6 Å². The Labute approximate surface area is 100 Å². The molecule has 0 fully saturated rings. The Kier molecular flexibility index (Phi) is 3.52. The van der Waals surface area contributed by atoms with E-state index in [-0.39, 0.29) is 5.91 Å². The standard InChI is InChI=1S/C14H14N2O/c15-16-14(17)10-11-6-8-13(9-7-11)12-4-2-1-3-5-12/h1-9H,10,15H2,(H,16,17). The molecule has 0 unspecified atom stereocenters. The summed E-state index contributed by atoms with van der Waals surface area (Å²) in [5, 5.41) is 0. The molecular formula is C14H14N2O. The highest BCUT2D eigenvalue weighted by Crippen LogP contribution is 2.19. The molecule has 3 heteroatoms. The van der Waals surface area contributed by atoms with Gasteiger partial charge < -0.3 is 0 Å². The molecule has 0 aromatic heterocycles. The Morgan fingerprint density at radius 1 is 0.941 bits per heavy atom. The zero-order valence-electron chi connectivity index (χ0n) is 9.39. The first-order chi connectivity index (χ1) is 8.29. The lowest BCUT2D eigenvalue weighted by atomic mass is 10.0. The third-order valence-electron chi connectivity index (χ3n) is 2.59. The summed E-state index contributed by atoms with van der Waals surface area (Å²) in [7, 11) is 0. The van der Waals surface area contributed by atoms with Crippen molar-refractivity contribution in [3.05, 3.63) is 60.2 Å². The van der Waals surface area contributed by atoms with E-state index in [1.807, 2.05) is 42.5 Å². The summed E-state index contributed by atoms with van der Waals surface area (Å²) in [6.07, 6.45) is 0.311. The number of nitrogens with one attached hydrogen (secondary N) is 1. The van der Waals surface area contributed by atoms with Gasteiger partial charge in [-0.25, -0.2) is 5.84 Å².